The number of rotatable bonds is 9. The number of nitrogens with one attached hydrogen (secondary N) is 2. The Morgan fingerprint density at radius 2 is 2.00 bits per heavy atom. The van der Waals surface area contributed by atoms with Gasteiger partial charge < -0.3 is 15.0 Å². The molecular weight excluding hydrogens is 294 g/mol. The summed E-state index contributed by atoms with van der Waals surface area (Å²) in [4.78, 5) is 30.4. The number of benzene rings is 1. The lowest BCUT2D eigenvalue weighted by atomic mass is 10.2. The average Bonchev–Trinajstić information content (AvgIpc) is 2.98. The molecule has 23 heavy (non-hydrogen) atoms. The number of hydrogen-bond acceptors (Lipinski definition) is 4. The Morgan fingerprint density at radius 1 is 1.17 bits per heavy atom. The maximum atomic E-state index is 11.8. The molecule has 2 rings (SSSR count). The second-order valence-electron chi connectivity index (χ2n) is 5.44. The minimum absolute atomic E-state index is 0.0263. The summed E-state index contributed by atoms with van der Waals surface area (Å²) in [5.41, 5.74) is 1.92. The van der Waals surface area contributed by atoms with Gasteiger partial charge in [0.05, 0.1) is 18.1 Å². The first kappa shape index (κ1) is 17.0. The molecule has 1 heterocycles. The second kappa shape index (κ2) is 8.92. The summed E-state index contributed by atoms with van der Waals surface area (Å²) in [7, 11) is 1.39. The molecular formula is C17H23N3O3. The van der Waals surface area contributed by atoms with E-state index in [-0.39, 0.29) is 11.9 Å². The van der Waals surface area contributed by atoms with E-state index >= 15 is 0 Å². The lowest BCUT2D eigenvalue weighted by molar-refractivity contribution is -0.140. The van der Waals surface area contributed by atoms with Gasteiger partial charge >= 0.3 is 5.97 Å². The van der Waals surface area contributed by atoms with Crippen molar-refractivity contribution >= 4 is 22.9 Å². The van der Waals surface area contributed by atoms with Crippen molar-refractivity contribution in [2.24, 2.45) is 0 Å². The first-order chi connectivity index (χ1) is 11.2. The van der Waals surface area contributed by atoms with Gasteiger partial charge in [-0.1, -0.05) is 18.6 Å². The highest BCUT2D eigenvalue weighted by Crippen LogP contribution is 2.11. The van der Waals surface area contributed by atoms with Crippen molar-refractivity contribution in [2.45, 2.75) is 38.5 Å². The highest BCUT2D eigenvalue weighted by Gasteiger charge is 2.06. The van der Waals surface area contributed by atoms with E-state index in [1.165, 1.54) is 7.11 Å². The molecule has 0 radical (unpaired) electrons. The zero-order valence-corrected chi connectivity index (χ0v) is 13.4. The molecule has 2 N–H and O–H groups in total. The fourth-order valence-electron chi connectivity index (χ4n) is 2.35. The molecule has 0 saturated carbocycles. The standard InChI is InChI=1S/C17H23N3O3/c1-23-17(22)9-3-2-6-12-18-16(21)11-10-15-19-13-7-4-5-8-14(13)20-15/h4-5,7-8H,2-3,6,9-12H2,1H3,(H,18,21)(H,19,20). The Morgan fingerprint density at radius 3 is 2.78 bits per heavy atom. The zero-order valence-electron chi connectivity index (χ0n) is 13.4. The fraction of sp³-hybridized carbons (Fsp3) is 0.471. The molecule has 0 saturated heterocycles. The van der Waals surface area contributed by atoms with Gasteiger partial charge in [0.2, 0.25) is 5.91 Å². The van der Waals surface area contributed by atoms with Gasteiger partial charge in [-0.3, -0.25) is 9.59 Å². The minimum Gasteiger partial charge on any atom is -0.469 e. The number of ether oxygens (including phenoxy) is 1. The first-order valence-electron chi connectivity index (χ1n) is 7.96. The molecule has 0 unspecified atom stereocenters. The van der Waals surface area contributed by atoms with Crippen molar-refractivity contribution in [1.29, 1.82) is 0 Å². The van der Waals surface area contributed by atoms with E-state index in [1.807, 2.05) is 24.3 Å². The number of aromatic amines is 1. The predicted molar refractivity (Wildman–Crippen MR) is 87.9 cm³/mol. The van der Waals surface area contributed by atoms with E-state index in [0.29, 0.717) is 25.8 Å². The van der Waals surface area contributed by atoms with Crippen molar-refractivity contribution < 1.29 is 14.3 Å². The number of hydrogen-bond donors (Lipinski definition) is 2. The number of esters is 1. The Kier molecular flexibility index (Phi) is 6.59. The van der Waals surface area contributed by atoms with Crippen LogP contribution in [-0.2, 0) is 20.7 Å². The number of nitrogens with zero attached hydrogens (tertiary/aromatic N) is 1. The summed E-state index contributed by atoms with van der Waals surface area (Å²) >= 11 is 0. The number of carbonyl (C=O) groups excluding carboxylic acids is 2. The molecule has 0 spiro atoms. The van der Waals surface area contributed by atoms with Crippen LogP contribution in [0.4, 0.5) is 0 Å². The number of methoxy groups -OCH3 is 1. The maximum absolute atomic E-state index is 11.8. The summed E-state index contributed by atoms with van der Waals surface area (Å²) in [6, 6.07) is 7.82. The van der Waals surface area contributed by atoms with Crippen LogP contribution >= 0.6 is 0 Å². The normalized spacial score (nSPS) is 10.7. The van der Waals surface area contributed by atoms with Crippen LogP contribution in [0, 0.1) is 0 Å². The topological polar surface area (TPSA) is 84.1 Å². The molecule has 6 nitrogen and oxygen atoms in total. The van der Waals surface area contributed by atoms with Crippen molar-refractivity contribution in [1.82, 2.24) is 15.3 Å². The smallest absolute Gasteiger partial charge is 0.305 e. The fourth-order valence-corrected chi connectivity index (χ4v) is 2.35. The lowest BCUT2D eigenvalue weighted by Crippen LogP contribution is -2.24. The molecule has 0 fully saturated rings. The van der Waals surface area contributed by atoms with Crippen LogP contribution in [-0.4, -0.2) is 35.5 Å². The Bertz CT molecular complexity index is 618. The number of carbonyl (C=O) groups is 2. The van der Waals surface area contributed by atoms with Crippen molar-refractivity contribution in [3.63, 3.8) is 0 Å². The molecule has 2 aromatic rings. The van der Waals surface area contributed by atoms with E-state index in [4.69, 9.17) is 0 Å². The number of imidazole rings is 1. The molecule has 0 aliphatic rings. The van der Waals surface area contributed by atoms with Gasteiger partial charge in [-0.2, -0.15) is 0 Å². The van der Waals surface area contributed by atoms with Crippen LogP contribution in [0.1, 0.15) is 37.9 Å². The number of amides is 1. The zero-order chi connectivity index (χ0) is 16.5. The lowest BCUT2D eigenvalue weighted by Gasteiger charge is -2.04. The van der Waals surface area contributed by atoms with Crippen LogP contribution in [0.2, 0.25) is 0 Å². The van der Waals surface area contributed by atoms with Crippen LogP contribution in [0.25, 0.3) is 11.0 Å². The van der Waals surface area contributed by atoms with Gasteiger partial charge in [-0.25, -0.2) is 4.98 Å². The Hall–Kier alpha value is -2.37. The molecule has 0 aliphatic carbocycles. The number of H-pyrrole nitrogens is 1. The number of para-hydroxylation sites is 2. The van der Waals surface area contributed by atoms with Gasteiger partial charge in [0.15, 0.2) is 0 Å². The van der Waals surface area contributed by atoms with Crippen molar-refractivity contribution in [3.05, 3.63) is 30.1 Å². The van der Waals surface area contributed by atoms with E-state index in [2.05, 4.69) is 20.0 Å². The highest BCUT2D eigenvalue weighted by atomic mass is 16.5. The molecule has 1 aromatic carbocycles. The molecule has 1 aromatic heterocycles. The molecule has 0 bridgehead atoms. The van der Waals surface area contributed by atoms with Gasteiger partial charge in [-0.15, -0.1) is 0 Å². The van der Waals surface area contributed by atoms with E-state index < -0.39 is 0 Å². The average molecular weight is 317 g/mol. The van der Waals surface area contributed by atoms with E-state index in [1.54, 1.807) is 0 Å². The monoisotopic (exact) mass is 317 g/mol. The molecule has 1 amide bonds. The summed E-state index contributed by atoms with van der Waals surface area (Å²) in [5, 5.41) is 2.89. The third-order valence-corrected chi connectivity index (χ3v) is 3.63. The van der Waals surface area contributed by atoms with Gasteiger partial charge in [-0.05, 0) is 25.0 Å². The minimum atomic E-state index is -0.181. The second-order valence-corrected chi connectivity index (χ2v) is 5.44. The molecule has 6 heteroatoms. The van der Waals surface area contributed by atoms with Crippen molar-refractivity contribution in [3.8, 4) is 0 Å². The number of unbranched alkanes of at least 4 members (excludes halogenated alkanes) is 2. The Balaban J connectivity index is 1.59. The van der Waals surface area contributed by atoms with Gasteiger partial charge in [0.1, 0.15) is 5.82 Å². The SMILES string of the molecule is COC(=O)CCCCCNC(=O)CCc1nc2ccccc2[nH]1. The molecule has 0 atom stereocenters. The Labute approximate surface area is 135 Å². The van der Waals surface area contributed by atoms with Crippen LogP contribution < -0.4 is 5.32 Å². The molecule has 124 valence electrons. The third kappa shape index (κ3) is 5.73. The van der Waals surface area contributed by atoms with Crippen LogP contribution in [0.15, 0.2) is 24.3 Å². The van der Waals surface area contributed by atoms with Gasteiger partial charge in [0.25, 0.3) is 0 Å². The summed E-state index contributed by atoms with van der Waals surface area (Å²) in [6.45, 7) is 0.639. The van der Waals surface area contributed by atoms with Crippen LogP contribution in [0.3, 0.4) is 0 Å². The first-order valence-corrected chi connectivity index (χ1v) is 7.96. The predicted octanol–water partition coefficient (Wildman–Crippen LogP) is 2.35. The summed E-state index contributed by atoms with van der Waals surface area (Å²) in [5.74, 6) is 0.678. The molecule has 0 aliphatic heterocycles. The van der Waals surface area contributed by atoms with Gasteiger partial charge in [0, 0.05) is 25.8 Å². The summed E-state index contributed by atoms with van der Waals surface area (Å²) in [6.07, 6.45) is 4.02. The summed E-state index contributed by atoms with van der Waals surface area (Å²) < 4.78 is 4.57. The van der Waals surface area contributed by atoms with Crippen LogP contribution in [0.5, 0.6) is 0 Å². The number of fused-ring (bicyclic) bond motifs is 1. The quantitative estimate of drug-likeness (QED) is 0.549. The van der Waals surface area contributed by atoms with E-state index in [9.17, 15) is 9.59 Å². The maximum Gasteiger partial charge on any atom is 0.305 e. The van der Waals surface area contributed by atoms with E-state index in [0.717, 1.165) is 36.1 Å². The van der Waals surface area contributed by atoms with Crippen molar-refractivity contribution in [2.75, 3.05) is 13.7 Å². The number of aryl methyl sites for hydroxylation is 1. The highest BCUT2D eigenvalue weighted by molar-refractivity contribution is 5.77. The third-order valence-electron chi connectivity index (χ3n) is 3.63. The largest absolute Gasteiger partial charge is 0.469 e. The number of aromatic nitrogens is 2.